The van der Waals surface area contributed by atoms with Gasteiger partial charge in [-0.05, 0) is 62.2 Å². The molecule has 3 rings (SSSR count). The number of benzene rings is 2. The van der Waals surface area contributed by atoms with Crippen molar-refractivity contribution in [2.45, 2.75) is 44.2 Å². The minimum absolute atomic E-state index is 0.123. The van der Waals surface area contributed by atoms with E-state index in [4.69, 9.17) is 16.7 Å². The molecule has 2 amide bonds. The molecule has 1 atom stereocenters. The fourth-order valence-electron chi connectivity index (χ4n) is 4.19. The van der Waals surface area contributed by atoms with E-state index < -0.39 is 22.0 Å². The summed E-state index contributed by atoms with van der Waals surface area (Å²) in [6, 6.07) is 12.3. The van der Waals surface area contributed by atoms with Crippen molar-refractivity contribution in [1.82, 2.24) is 10.2 Å². The zero-order valence-corrected chi connectivity index (χ0v) is 21.4. The molecule has 0 aliphatic carbocycles. The molecule has 0 radical (unpaired) electrons. The van der Waals surface area contributed by atoms with Crippen molar-refractivity contribution in [2.24, 2.45) is 11.1 Å². The van der Waals surface area contributed by atoms with E-state index in [2.05, 4.69) is 24.1 Å². The van der Waals surface area contributed by atoms with Gasteiger partial charge in [-0.15, -0.1) is 0 Å². The lowest BCUT2D eigenvalue weighted by Gasteiger charge is -2.49. The van der Waals surface area contributed by atoms with Gasteiger partial charge in [-0.1, -0.05) is 31.5 Å². The number of nitrogens with one attached hydrogen (secondary N) is 1. The van der Waals surface area contributed by atoms with E-state index in [0.29, 0.717) is 24.7 Å². The number of piperazine rings is 1. The molecule has 1 aliphatic rings. The van der Waals surface area contributed by atoms with Crippen LogP contribution < -0.4 is 15.4 Å². The molecule has 0 aromatic heterocycles. The van der Waals surface area contributed by atoms with E-state index in [1.54, 1.807) is 4.90 Å². The van der Waals surface area contributed by atoms with Gasteiger partial charge in [0.05, 0.1) is 10.4 Å². The minimum atomic E-state index is -3.95. The first-order valence-corrected chi connectivity index (χ1v) is 13.0. The smallest absolute Gasteiger partial charge is 0.251 e. The van der Waals surface area contributed by atoms with Gasteiger partial charge < -0.3 is 15.1 Å². The first-order valence-electron chi connectivity index (χ1n) is 11.1. The number of nitrogens with zero attached hydrogens (tertiary/aromatic N) is 2. The normalized spacial score (nSPS) is 16.9. The summed E-state index contributed by atoms with van der Waals surface area (Å²) in [6.45, 7) is 9.48. The molecule has 0 spiro atoms. The zero-order valence-electron chi connectivity index (χ0n) is 19.8. The molecule has 2 aromatic rings. The molecule has 1 fully saturated rings. The first kappa shape index (κ1) is 26.0. The molecular formula is C24H31ClN4O4S. The van der Waals surface area contributed by atoms with Crippen LogP contribution in [-0.2, 0) is 14.8 Å². The number of carbonyl (C=O) groups excluding carboxylic acids is 2. The third kappa shape index (κ3) is 5.89. The van der Waals surface area contributed by atoms with Crippen LogP contribution in [0, 0.1) is 5.92 Å². The van der Waals surface area contributed by atoms with Gasteiger partial charge in [0.25, 0.3) is 5.91 Å². The topological polar surface area (TPSA) is 113 Å². The molecule has 1 saturated heterocycles. The number of carbonyl (C=O) groups is 2. The lowest BCUT2D eigenvalue weighted by molar-refractivity contribution is -0.135. The maximum absolute atomic E-state index is 13.5. The second-order valence-electron chi connectivity index (χ2n) is 9.47. The Hall–Kier alpha value is -2.62. The lowest BCUT2D eigenvalue weighted by atomic mass is 9.95. The van der Waals surface area contributed by atoms with Crippen LogP contribution in [0.3, 0.4) is 0 Å². The number of nitrogens with two attached hydrogens (primary N) is 1. The molecular weight excluding hydrogens is 476 g/mol. The van der Waals surface area contributed by atoms with Gasteiger partial charge in [0.2, 0.25) is 15.9 Å². The standard InChI is InChI=1S/C24H31ClN4O4S/c1-16(2)21(27-22(30)17-6-5-7-20(14-17)34(26,32)33)23(31)28-12-13-29(24(3,4)15-28)19-10-8-18(25)9-11-19/h5-11,14,16,21H,12-13,15H2,1-4H3,(H,27,30)(H2,26,32,33)/t21-/m1/s1. The maximum Gasteiger partial charge on any atom is 0.251 e. The molecule has 0 saturated carbocycles. The van der Waals surface area contributed by atoms with Crippen molar-refractivity contribution >= 4 is 39.1 Å². The molecule has 34 heavy (non-hydrogen) atoms. The lowest BCUT2D eigenvalue weighted by Crippen LogP contribution is -2.63. The second-order valence-corrected chi connectivity index (χ2v) is 11.5. The molecule has 1 heterocycles. The number of hydrogen-bond donors (Lipinski definition) is 2. The Balaban J connectivity index is 1.75. The van der Waals surface area contributed by atoms with Crippen LogP contribution in [0.5, 0.6) is 0 Å². The van der Waals surface area contributed by atoms with Gasteiger partial charge in [-0.2, -0.15) is 0 Å². The Morgan fingerprint density at radius 2 is 1.74 bits per heavy atom. The number of halogens is 1. The number of amides is 2. The summed E-state index contributed by atoms with van der Waals surface area (Å²) in [5.74, 6) is -0.873. The number of primary sulfonamides is 1. The van der Waals surface area contributed by atoms with Crippen LogP contribution in [0.2, 0.25) is 5.02 Å². The summed E-state index contributed by atoms with van der Waals surface area (Å²) < 4.78 is 23.3. The van der Waals surface area contributed by atoms with Gasteiger partial charge in [0.1, 0.15) is 6.04 Å². The Labute approximate surface area is 206 Å². The molecule has 1 aliphatic heterocycles. The summed E-state index contributed by atoms with van der Waals surface area (Å²) in [5, 5.41) is 8.63. The van der Waals surface area contributed by atoms with E-state index in [-0.39, 0.29) is 27.8 Å². The number of rotatable bonds is 6. The van der Waals surface area contributed by atoms with Crippen molar-refractivity contribution in [3.63, 3.8) is 0 Å². The predicted molar refractivity (Wildman–Crippen MR) is 133 cm³/mol. The number of anilines is 1. The van der Waals surface area contributed by atoms with Crippen molar-refractivity contribution in [3.05, 3.63) is 59.1 Å². The van der Waals surface area contributed by atoms with Crippen molar-refractivity contribution in [3.8, 4) is 0 Å². The van der Waals surface area contributed by atoms with E-state index in [1.807, 2.05) is 38.1 Å². The highest BCUT2D eigenvalue weighted by atomic mass is 35.5. The van der Waals surface area contributed by atoms with Crippen LogP contribution in [0.4, 0.5) is 5.69 Å². The summed E-state index contributed by atoms with van der Waals surface area (Å²) in [5.41, 5.74) is 0.819. The molecule has 184 valence electrons. The molecule has 0 unspecified atom stereocenters. The van der Waals surface area contributed by atoms with Crippen molar-refractivity contribution < 1.29 is 18.0 Å². The molecule has 0 bridgehead atoms. The summed E-state index contributed by atoms with van der Waals surface area (Å²) in [7, 11) is -3.95. The van der Waals surface area contributed by atoms with Crippen molar-refractivity contribution in [1.29, 1.82) is 0 Å². The van der Waals surface area contributed by atoms with E-state index in [9.17, 15) is 18.0 Å². The van der Waals surface area contributed by atoms with Crippen LogP contribution in [0.25, 0.3) is 0 Å². The van der Waals surface area contributed by atoms with E-state index in [0.717, 1.165) is 5.69 Å². The van der Waals surface area contributed by atoms with Gasteiger partial charge in [0, 0.05) is 35.9 Å². The maximum atomic E-state index is 13.5. The van der Waals surface area contributed by atoms with Gasteiger partial charge >= 0.3 is 0 Å². The Morgan fingerprint density at radius 1 is 1.09 bits per heavy atom. The zero-order chi connectivity index (χ0) is 25.3. The highest BCUT2D eigenvalue weighted by molar-refractivity contribution is 7.89. The Bertz CT molecular complexity index is 1170. The average molecular weight is 507 g/mol. The second kappa shape index (κ2) is 9.93. The van der Waals surface area contributed by atoms with Crippen LogP contribution in [-0.4, -0.2) is 56.3 Å². The van der Waals surface area contributed by atoms with Crippen LogP contribution in [0.1, 0.15) is 38.1 Å². The molecule has 3 N–H and O–H groups in total. The quantitative estimate of drug-likeness (QED) is 0.625. The first-order chi connectivity index (χ1) is 15.8. The van der Waals surface area contributed by atoms with Crippen molar-refractivity contribution in [2.75, 3.05) is 24.5 Å². The Morgan fingerprint density at radius 3 is 2.29 bits per heavy atom. The fraction of sp³-hybridized carbons (Fsp3) is 0.417. The number of sulfonamides is 1. The average Bonchev–Trinajstić information content (AvgIpc) is 2.76. The number of hydrogen-bond acceptors (Lipinski definition) is 5. The third-order valence-corrected chi connectivity index (χ3v) is 7.16. The largest absolute Gasteiger partial charge is 0.363 e. The molecule has 8 nitrogen and oxygen atoms in total. The fourth-order valence-corrected chi connectivity index (χ4v) is 4.88. The Kier molecular flexibility index (Phi) is 7.59. The minimum Gasteiger partial charge on any atom is -0.363 e. The van der Waals surface area contributed by atoms with E-state index in [1.165, 1.54) is 24.3 Å². The predicted octanol–water partition coefficient (Wildman–Crippen LogP) is 2.87. The summed E-state index contributed by atoms with van der Waals surface area (Å²) >= 11 is 6.03. The van der Waals surface area contributed by atoms with Gasteiger partial charge in [-0.3, -0.25) is 9.59 Å². The highest BCUT2D eigenvalue weighted by Gasteiger charge is 2.38. The molecule has 2 aromatic carbocycles. The SMILES string of the molecule is CC(C)[C@@H](NC(=O)c1cccc(S(N)(=O)=O)c1)C(=O)N1CCN(c2ccc(Cl)cc2)C(C)(C)C1. The van der Waals surface area contributed by atoms with Crippen LogP contribution >= 0.6 is 11.6 Å². The summed E-state index contributed by atoms with van der Waals surface area (Å²) in [4.78, 5) is 30.2. The monoisotopic (exact) mass is 506 g/mol. The third-order valence-electron chi connectivity index (χ3n) is 6.00. The van der Waals surface area contributed by atoms with Crippen LogP contribution in [0.15, 0.2) is 53.4 Å². The van der Waals surface area contributed by atoms with Gasteiger partial charge in [0.15, 0.2) is 0 Å². The molecule has 10 heteroatoms. The summed E-state index contributed by atoms with van der Waals surface area (Å²) in [6.07, 6.45) is 0. The van der Waals surface area contributed by atoms with Gasteiger partial charge in [-0.25, -0.2) is 13.6 Å². The van der Waals surface area contributed by atoms with E-state index >= 15 is 0 Å². The highest BCUT2D eigenvalue weighted by Crippen LogP contribution is 2.29.